The van der Waals surface area contributed by atoms with Gasteiger partial charge in [0, 0.05) is 22.7 Å². The number of nitrogens with one attached hydrogen (secondary N) is 1. The molecule has 2 aromatic carbocycles. The Bertz CT molecular complexity index is 1150. The second-order valence-corrected chi connectivity index (χ2v) is 8.86. The first-order valence-corrected chi connectivity index (χ1v) is 10.1. The molecule has 2 aromatic rings. The van der Waals surface area contributed by atoms with Gasteiger partial charge in [0.05, 0.1) is 6.54 Å². The Morgan fingerprint density at radius 1 is 1.10 bits per heavy atom. The number of likely N-dealkylation sites (tertiary alicyclic amines) is 1. The quantitative estimate of drug-likeness (QED) is 0.788. The van der Waals surface area contributed by atoms with Crippen LogP contribution in [-0.2, 0) is 15.5 Å². The standard InChI is InChI=1S/C23H21F2N3O3/c1-22-9-17(20(26)30)28(18(22)10-22)19(29)11-27-21(31)12-6-7-16-14(8-12)13-4-2-3-5-15(13)23(16,24)25/h2-8,17-18H,9-11H2,1H3,(H2,26,30)(H,27,31). The predicted molar refractivity (Wildman–Crippen MR) is 108 cm³/mol. The number of halogens is 2. The van der Waals surface area contributed by atoms with E-state index < -0.39 is 23.8 Å². The van der Waals surface area contributed by atoms with Gasteiger partial charge in [-0.15, -0.1) is 0 Å². The maximum Gasteiger partial charge on any atom is 0.299 e. The van der Waals surface area contributed by atoms with Crippen LogP contribution in [0.25, 0.3) is 11.1 Å². The molecule has 3 N–H and O–H groups in total. The molecule has 160 valence electrons. The number of benzene rings is 2. The van der Waals surface area contributed by atoms with Crippen molar-refractivity contribution in [1.29, 1.82) is 0 Å². The molecule has 5 rings (SSSR count). The number of hydrogen-bond donors (Lipinski definition) is 2. The highest BCUT2D eigenvalue weighted by atomic mass is 19.3. The van der Waals surface area contributed by atoms with Gasteiger partial charge < -0.3 is 16.0 Å². The Hall–Kier alpha value is -3.29. The molecule has 3 amide bonds. The van der Waals surface area contributed by atoms with E-state index in [4.69, 9.17) is 5.73 Å². The minimum absolute atomic E-state index is 0.0341. The largest absolute Gasteiger partial charge is 0.368 e. The topological polar surface area (TPSA) is 92.5 Å². The van der Waals surface area contributed by atoms with Crippen molar-refractivity contribution in [2.45, 2.75) is 37.8 Å². The Kier molecular flexibility index (Phi) is 4.03. The summed E-state index contributed by atoms with van der Waals surface area (Å²) in [6.07, 6.45) is 1.35. The van der Waals surface area contributed by atoms with Gasteiger partial charge in [-0.3, -0.25) is 14.4 Å². The maximum atomic E-state index is 14.7. The van der Waals surface area contributed by atoms with Crippen LogP contribution in [0.2, 0.25) is 0 Å². The molecule has 3 aliphatic rings. The summed E-state index contributed by atoms with van der Waals surface area (Å²) in [5.74, 6) is -4.59. The fourth-order valence-corrected chi connectivity index (χ4v) is 5.05. The SMILES string of the molecule is CC12CC(C(N)=O)N(C(=O)CNC(=O)c3ccc4c(c3)-c3ccccc3C4(F)F)C1C2. The lowest BCUT2D eigenvalue weighted by molar-refractivity contribution is -0.137. The summed E-state index contributed by atoms with van der Waals surface area (Å²) in [4.78, 5) is 38.6. The van der Waals surface area contributed by atoms with Crippen LogP contribution in [0.1, 0.15) is 41.3 Å². The van der Waals surface area contributed by atoms with Gasteiger partial charge in [0.1, 0.15) is 6.04 Å². The summed E-state index contributed by atoms with van der Waals surface area (Å²) < 4.78 is 29.3. The normalized spacial score (nSPS) is 26.6. The lowest BCUT2D eigenvalue weighted by Gasteiger charge is -2.25. The van der Waals surface area contributed by atoms with E-state index in [9.17, 15) is 23.2 Å². The van der Waals surface area contributed by atoms with Gasteiger partial charge in [0.15, 0.2) is 0 Å². The summed E-state index contributed by atoms with van der Waals surface area (Å²) in [6, 6.07) is 9.53. The molecule has 1 saturated carbocycles. The van der Waals surface area contributed by atoms with Crippen molar-refractivity contribution in [3.63, 3.8) is 0 Å². The number of piperidine rings is 1. The Balaban J connectivity index is 1.33. The minimum atomic E-state index is -3.12. The number of alkyl halides is 2. The van der Waals surface area contributed by atoms with E-state index in [0.717, 1.165) is 6.42 Å². The van der Waals surface area contributed by atoms with E-state index in [1.54, 1.807) is 18.2 Å². The van der Waals surface area contributed by atoms with Crippen molar-refractivity contribution < 1.29 is 23.2 Å². The number of primary amides is 1. The van der Waals surface area contributed by atoms with E-state index in [-0.39, 0.29) is 40.6 Å². The molecule has 0 spiro atoms. The molecule has 0 bridgehead atoms. The molecule has 0 aromatic heterocycles. The van der Waals surface area contributed by atoms with Gasteiger partial charge in [0.2, 0.25) is 11.8 Å². The van der Waals surface area contributed by atoms with Crippen LogP contribution in [-0.4, -0.2) is 41.2 Å². The number of hydrogen-bond acceptors (Lipinski definition) is 3. The number of nitrogens with two attached hydrogens (primary N) is 1. The third-order valence-corrected chi connectivity index (χ3v) is 6.83. The van der Waals surface area contributed by atoms with Crippen molar-refractivity contribution in [1.82, 2.24) is 10.2 Å². The zero-order valence-electron chi connectivity index (χ0n) is 16.8. The molecule has 6 nitrogen and oxygen atoms in total. The summed E-state index contributed by atoms with van der Waals surface area (Å²) in [5, 5.41) is 2.55. The lowest BCUT2D eigenvalue weighted by Crippen LogP contribution is -2.49. The number of nitrogens with zero attached hydrogens (tertiary/aromatic N) is 1. The Labute approximate surface area is 177 Å². The van der Waals surface area contributed by atoms with E-state index >= 15 is 0 Å². The van der Waals surface area contributed by atoms with Gasteiger partial charge in [-0.25, -0.2) is 0 Å². The van der Waals surface area contributed by atoms with E-state index in [1.165, 1.54) is 29.2 Å². The molecular weight excluding hydrogens is 404 g/mol. The molecule has 1 heterocycles. The van der Waals surface area contributed by atoms with E-state index in [0.29, 0.717) is 17.5 Å². The van der Waals surface area contributed by atoms with E-state index in [2.05, 4.69) is 5.32 Å². The highest BCUT2D eigenvalue weighted by Crippen LogP contribution is 2.59. The third kappa shape index (κ3) is 2.85. The monoisotopic (exact) mass is 425 g/mol. The number of rotatable bonds is 4. The molecule has 1 aliphatic heterocycles. The molecule has 3 unspecified atom stereocenters. The molecule has 8 heteroatoms. The van der Waals surface area contributed by atoms with Gasteiger partial charge >= 0.3 is 0 Å². The lowest BCUT2D eigenvalue weighted by atomic mass is 10.0. The second-order valence-electron chi connectivity index (χ2n) is 8.86. The first kappa shape index (κ1) is 19.7. The van der Waals surface area contributed by atoms with Crippen molar-refractivity contribution in [3.05, 3.63) is 59.2 Å². The van der Waals surface area contributed by atoms with Gasteiger partial charge in [-0.1, -0.05) is 37.3 Å². The smallest absolute Gasteiger partial charge is 0.299 e. The molecule has 2 aliphatic carbocycles. The number of amides is 3. The van der Waals surface area contributed by atoms with Crippen molar-refractivity contribution in [3.8, 4) is 11.1 Å². The Morgan fingerprint density at radius 3 is 2.55 bits per heavy atom. The fraction of sp³-hybridized carbons (Fsp3) is 0.348. The summed E-state index contributed by atoms with van der Waals surface area (Å²) in [7, 11) is 0. The molecule has 2 fully saturated rings. The first-order valence-electron chi connectivity index (χ1n) is 10.1. The van der Waals surface area contributed by atoms with Gasteiger partial charge in [-0.2, -0.15) is 8.78 Å². The Morgan fingerprint density at radius 2 is 1.81 bits per heavy atom. The van der Waals surface area contributed by atoms with Crippen molar-refractivity contribution in [2.24, 2.45) is 11.1 Å². The zero-order valence-corrected chi connectivity index (χ0v) is 16.8. The highest BCUT2D eigenvalue weighted by molar-refractivity contribution is 5.99. The molecule has 3 atom stereocenters. The first-order chi connectivity index (χ1) is 14.6. The van der Waals surface area contributed by atoms with Crippen LogP contribution in [0.15, 0.2) is 42.5 Å². The molecule has 31 heavy (non-hydrogen) atoms. The number of carbonyl (C=O) groups excluding carboxylic acids is 3. The van der Waals surface area contributed by atoms with Gasteiger partial charge in [-0.05, 0) is 41.5 Å². The fourth-order valence-electron chi connectivity index (χ4n) is 5.05. The van der Waals surface area contributed by atoms with Crippen molar-refractivity contribution in [2.75, 3.05) is 6.54 Å². The van der Waals surface area contributed by atoms with E-state index in [1.807, 2.05) is 6.92 Å². The average molecular weight is 425 g/mol. The van der Waals surface area contributed by atoms with Crippen LogP contribution in [0.4, 0.5) is 8.78 Å². The summed E-state index contributed by atoms with van der Waals surface area (Å²) >= 11 is 0. The van der Waals surface area contributed by atoms with Crippen LogP contribution in [0.5, 0.6) is 0 Å². The van der Waals surface area contributed by atoms with Crippen LogP contribution in [0.3, 0.4) is 0 Å². The van der Waals surface area contributed by atoms with Crippen LogP contribution in [0, 0.1) is 5.41 Å². The minimum Gasteiger partial charge on any atom is -0.368 e. The summed E-state index contributed by atoms with van der Waals surface area (Å²) in [5.41, 5.74) is 6.01. The number of carbonyl (C=O) groups is 3. The molecule has 1 saturated heterocycles. The maximum absolute atomic E-state index is 14.7. The zero-order chi connectivity index (χ0) is 22.1. The third-order valence-electron chi connectivity index (χ3n) is 6.83. The van der Waals surface area contributed by atoms with Crippen LogP contribution < -0.4 is 11.1 Å². The second kappa shape index (κ2) is 6.35. The predicted octanol–water partition coefficient (Wildman–Crippen LogP) is 2.40. The molecule has 0 radical (unpaired) electrons. The average Bonchev–Trinajstić information content (AvgIpc) is 3.22. The number of fused-ring (bicyclic) bond motifs is 4. The highest BCUT2D eigenvalue weighted by Gasteiger charge is 2.64. The van der Waals surface area contributed by atoms with Gasteiger partial charge in [0.25, 0.3) is 11.8 Å². The molecular formula is C23H21F2N3O3. The van der Waals surface area contributed by atoms with Crippen LogP contribution >= 0.6 is 0 Å². The van der Waals surface area contributed by atoms with Crippen molar-refractivity contribution >= 4 is 17.7 Å². The summed E-state index contributed by atoms with van der Waals surface area (Å²) in [6.45, 7) is 1.72.